The lowest BCUT2D eigenvalue weighted by Crippen LogP contribution is -2.41. The molecule has 4 nitrogen and oxygen atoms in total. The standard InChI is InChI=1S/C15H24N2O2/c1-12(18)17(11-15(19)16-14-7-8-14)10-9-13-5-3-2-4-6-13/h5,14H,2-4,6-11H2,1H3,(H,16,19). The van der Waals surface area contributed by atoms with E-state index >= 15 is 0 Å². The Balaban J connectivity index is 1.76. The number of allylic oxidation sites excluding steroid dienone is 1. The van der Waals surface area contributed by atoms with E-state index < -0.39 is 0 Å². The summed E-state index contributed by atoms with van der Waals surface area (Å²) in [4.78, 5) is 25.0. The number of amides is 2. The largest absolute Gasteiger partial charge is 0.352 e. The van der Waals surface area contributed by atoms with E-state index in [1.54, 1.807) is 11.8 Å². The number of rotatable bonds is 6. The van der Waals surface area contributed by atoms with Gasteiger partial charge in [0.15, 0.2) is 0 Å². The molecule has 0 aliphatic heterocycles. The van der Waals surface area contributed by atoms with Gasteiger partial charge in [-0.3, -0.25) is 9.59 Å². The predicted molar refractivity (Wildman–Crippen MR) is 74.6 cm³/mol. The van der Waals surface area contributed by atoms with Crippen LogP contribution in [0, 0.1) is 0 Å². The van der Waals surface area contributed by atoms with E-state index in [0.717, 1.165) is 32.1 Å². The first kappa shape index (κ1) is 14.1. The molecule has 1 N–H and O–H groups in total. The molecule has 19 heavy (non-hydrogen) atoms. The number of nitrogens with one attached hydrogen (secondary N) is 1. The molecule has 0 aromatic carbocycles. The molecule has 0 aromatic rings. The number of nitrogens with zero attached hydrogens (tertiary/aromatic N) is 1. The van der Waals surface area contributed by atoms with Gasteiger partial charge < -0.3 is 10.2 Å². The molecule has 1 saturated carbocycles. The second-order valence-corrected chi connectivity index (χ2v) is 5.64. The summed E-state index contributed by atoms with van der Waals surface area (Å²) in [5.41, 5.74) is 1.44. The Hall–Kier alpha value is -1.32. The smallest absolute Gasteiger partial charge is 0.239 e. The van der Waals surface area contributed by atoms with Crippen molar-refractivity contribution in [2.24, 2.45) is 0 Å². The van der Waals surface area contributed by atoms with Crippen LogP contribution in [-0.4, -0.2) is 35.8 Å². The number of carbonyl (C=O) groups excluding carboxylic acids is 2. The Morgan fingerprint density at radius 2 is 2.16 bits per heavy atom. The van der Waals surface area contributed by atoms with E-state index in [4.69, 9.17) is 0 Å². The molecule has 1 fully saturated rings. The number of hydrogen-bond acceptors (Lipinski definition) is 2. The molecule has 2 aliphatic carbocycles. The van der Waals surface area contributed by atoms with Crippen LogP contribution in [0.15, 0.2) is 11.6 Å². The molecule has 0 radical (unpaired) electrons. The van der Waals surface area contributed by atoms with Crippen LogP contribution >= 0.6 is 0 Å². The Morgan fingerprint density at radius 1 is 1.37 bits per heavy atom. The van der Waals surface area contributed by atoms with Crippen molar-refractivity contribution >= 4 is 11.8 Å². The molecule has 0 aromatic heterocycles. The van der Waals surface area contributed by atoms with Crippen molar-refractivity contribution in [1.82, 2.24) is 10.2 Å². The minimum absolute atomic E-state index is 0.0117. The van der Waals surface area contributed by atoms with Crippen molar-refractivity contribution in [1.29, 1.82) is 0 Å². The van der Waals surface area contributed by atoms with E-state index in [2.05, 4.69) is 11.4 Å². The minimum atomic E-state index is -0.0182. The Kier molecular flexibility index (Phi) is 5.00. The van der Waals surface area contributed by atoms with E-state index in [9.17, 15) is 9.59 Å². The van der Waals surface area contributed by atoms with Gasteiger partial charge in [0.05, 0.1) is 6.54 Å². The van der Waals surface area contributed by atoms with Crippen molar-refractivity contribution < 1.29 is 9.59 Å². The highest BCUT2D eigenvalue weighted by atomic mass is 16.2. The summed E-state index contributed by atoms with van der Waals surface area (Å²) >= 11 is 0. The van der Waals surface area contributed by atoms with Crippen LogP contribution in [0.5, 0.6) is 0 Å². The highest BCUT2D eigenvalue weighted by molar-refractivity contribution is 5.84. The van der Waals surface area contributed by atoms with Gasteiger partial charge in [0, 0.05) is 19.5 Å². The van der Waals surface area contributed by atoms with Gasteiger partial charge in [-0.25, -0.2) is 0 Å². The fraction of sp³-hybridized carbons (Fsp3) is 0.733. The minimum Gasteiger partial charge on any atom is -0.352 e. The van der Waals surface area contributed by atoms with Crippen LogP contribution in [0.4, 0.5) is 0 Å². The van der Waals surface area contributed by atoms with Crippen molar-refractivity contribution in [3.63, 3.8) is 0 Å². The molecule has 0 unspecified atom stereocenters. The molecule has 2 amide bonds. The zero-order chi connectivity index (χ0) is 13.7. The quantitative estimate of drug-likeness (QED) is 0.746. The van der Waals surface area contributed by atoms with Crippen LogP contribution in [0.25, 0.3) is 0 Å². The monoisotopic (exact) mass is 264 g/mol. The Labute approximate surface area is 115 Å². The molecule has 106 valence electrons. The van der Waals surface area contributed by atoms with Gasteiger partial charge in [-0.15, -0.1) is 0 Å². The van der Waals surface area contributed by atoms with Gasteiger partial charge in [-0.2, -0.15) is 0 Å². The Morgan fingerprint density at radius 3 is 2.74 bits per heavy atom. The first-order valence-corrected chi connectivity index (χ1v) is 7.38. The van der Waals surface area contributed by atoms with Crippen LogP contribution in [0.2, 0.25) is 0 Å². The third-order valence-corrected chi connectivity index (χ3v) is 3.81. The first-order chi connectivity index (χ1) is 9.15. The van der Waals surface area contributed by atoms with Gasteiger partial charge >= 0.3 is 0 Å². The third kappa shape index (κ3) is 5.05. The molecule has 4 heteroatoms. The number of carbonyl (C=O) groups is 2. The molecule has 2 aliphatic rings. The third-order valence-electron chi connectivity index (χ3n) is 3.81. The maximum atomic E-state index is 11.7. The van der Waals surface area contributed by atoms with Crippen LogP contribution in [0.3, 0.4) is 0 Å². The average molecular weight is 264 g/mol. The molecule has 0 spiro atoms. The van der Waals surface area contributed by atoms with Crippen molar-refractivity contribution in [2.75, 3.05) is 13.1 Å². The van der Waals surface area contributed by atoms with Gasteiger partial charge in [0.25, 0.3) is 0 Å². The summed E-state index contributed by atoms with van der Waals surface area (Å²) in [5.74, 6) is -0.0299. The molecule has 0 atom stereocenters. The summed E-state index contributed by atoms with van der Waals surface area (Å²) in [6.45, 7) is 2.41. The molecular formula is C15H24N2O2. The van der Waals surface area contributed by atoms with Gasteiger partial charge in [-0.1, -0.05) is 11.6 Å². The van der Waals surface area contributed by atoms with Crippen LogP contribution < -0.4 is 5.32 Å². The highest BCUT2D eigenvalue weighted by Gasteiger charge is 2.24. The normalized spacial score (nSPS) is 18.7. The fourth-order valence-corrected chi connectivity index (χ4v) is 2.43. The fourth-order valence-electron chi connectivity index (χ4n) is 2.43. The molecule has 0 saturated heterocycles. The maximum Gasteiger partial charge on any atom is 0.239 e. The lowest BCUT2D eigenvalue weighted by atomic mass is 9.97. The van der Waals surface area contributed by atoms with Gasteiger partial charge in [-0.05, 0) is 44.9 Å². The molecule has 0 heterocycles. The molecule has 2 rings (SSSR count). The second kappa shape index (κ2) is 6.73. The average Bonchev–Trinajstić information content (AvgIpc) is 3.19. The summed E-state index contributed by atoms with van der Waals surface area (Å²) in [7, 11) is 0. The SMILES string of the molecule is CC(=O)N(CCC1=CCCCC1)CC(=O)NC1CC1. The van der Waals surface area contributed by atoms with Crippen molar-refractivity contribution in [2.45, 2.75) is 57.9 Å². The summed E-state index contributed by atoms with van der Waals surface area (Å²) in [6.07, 6.45) is 10.2. The Bertz CT molecular complexity index is 372. The van der Waals surface area contributed by atoms with Crippen LogP contribution in [0.1, 0.15) is 51.9 Å². The second-order valence-electron chi connectivity index (χ2n) is 5.64. The zero-order valence-electron chi connectivity index (χ0n) is 11.8. The summed E-state index contributed by atoms with van der Waals surface area (Å²) in [6, 6.07) is 0.363. The van der Waals surface area contributed by atoms with E-state index in [-0.39, 0.29) is 18.4 Å². The van der Waals surface area contributed by atoms with Crippen molar-refractivity contribution in [3.8, 4) is 0 Å². The van der Waals surface area contributed by atoms with E-state index in [1.165, 1.54) is 18.4 Å². The zero-order valence-corrected chi connectivity index (χ0v) is 11.8. The van der Waals surface area contributed by atoms with Crippen LogP contribution in [-0.2, 0) is 9.59 Å². The molecular weight excluding hydrogens is 240 g/mol. The summed E-state index contributed by atoms with van der Waals surface area (Å²) < 4.78 is 0. The summed E-state index contributed by atoms with van der Waals surface area (Å²) in [5, 5.41) is 2.93. The van der Waals surface area contributed by atoms with Crippen molar-refractivity contribution in [3.05, 3.63) is 11.6 Å². The molecule has 0 bridgehead atoms. The van der Waals surface area contributed by atoms with Gasteiger partial charge in [0.2, 0.25) is 11.8 Å². The van der Waals surface area contributed by atoms with E-state index in [0.29, 0.717) is 12.6 Å². The maximum absolute atomic E-state index is 11.7. The number of hydrogen-bond donors (Lipinski definition) is 1. The highest BCUT2D eigenvalue weighted by Crippen LogP contribution is 2.20. The lowest BCUT2D eigenvalue weighted by Gasteiger charge is -2.22. The lowest BCUT2D eigenvalue weighted by molar-refractivity contribution is -0.134. The van der Waals surface area contributed by atoms with Gasteiger partial charge in [0.1, 0.15) is 0 Å². The topological polar surface area (TPSA) is 49.4 Å². The predicted octanol–water partition coefficient (Wildman–Crippen LogP) is 2.00. The van der Waals surface area contributed by atoms with E-state index in [1.807, 2.05) is 0 Å². The first-order valence-electron chi connectivity index (χ1n) is 7.38.